The van der Waals surface area contributed by atoms with E-state index < -0.39 is 0 Å². The number of benzene rings is 1. The number of nitrogens with one attached hydrogen (secondary N) is 2. The van der Waals surface area contributed by atoms with Gasteiger partial charge in [-0.25, -0.2) is 0 Å². The van der Waals surface area contributed by atoms with Crippen molar-refractivity contribution in [2.45, 2.75) is 53.4 Å². The second-order valence-electron chi connectivity index (χ2n) is 6.54. The van der Waals surface area contributed by atoms with Crippen LogP contribution in [0.1, 0.15) is 51.2 Å². The number of halogens is 1. The number of nitrogens with zero attached hydrogens (tertiary/aromatic N) is 1. The average molecular weight is 461 g/mol. The Kier molecular flexibility index (Phi) is 13.0. The first-order chi connectivity index (χ1) is 11.6. The van der Waals surface area contributed by atoms with Gasteiger partial charge in [-0.1, -0.05) is 43.7 Å². The molecule has 0 unspecified atom stereocenters. The van der Waals surface area contributed by atoms with E-state index in [2.05, 4.69) is 62.6 Å². The van der Waals surface area contributed by atoms with Gasteiger partial charge in [-0.2, -0.15) is 0 Å². The predicted octanol–water partition coefficient (Wildman–Crippen LogP) is 3.90. The maximum atomic E-state index is 9.34. The molecule has 25 heavy (non-hydrogen) atoms. The van der Waals surface area contributed by atoms with Gasteiger partial charge in [0.2, 0.25) is 0 Å². The van der Waals surface area contributed by atoms with Gasteiger partial charge < -0.3 is 15.7 Å². The lowest BCUT2D eigenvalue weighted by atomic mass is 9.79. The Morgan fingerprint density at radius 2 is 1.88 bits per heavy atom. The normalized spacial score (nSPS) is 11.8. The predicted molar refractivity (Wildman–Crippen MR) is 119 cm³/mol. The second kappa shape index (κ2) is 13.4. The van der Waals surface area contributed by atoms with Crippen LogP contribution in [0.3, 0.4) is 0 Å². The van der Waals surface area contributed by atoms with Crippen LogP contribution < -0.4 is 10.6 Å². The summed E-state index contributed by atoms with van der Waals surface area (Å²) < 4.78 is 0. The Labute approximate surface area is 170 Å². The summed E-state index contributed by atoms with van der Waals surface area (Å²) in [6.45, 7) is 11.3. The lowest BCUT2D eigenvalue weighted by molar-refractivity contribution is 0.175. The summed E-state index contributed by atoms with van der Waals surface area (Å²) >= 11 is 0. The molecule has 4 nitrogen and oxygen atoms in total. The summed E-state index contributed by atoms with van der Waals surface area (Å²) in [5, 5.41) is 16.1. The Morgan fingerprint density at radius 3 is 2.44 bits per heavy atom. The topological polar surface area (TPSA) is 56.7 Å². The number of aliphatic imine (C=N–C) groups is 1. The fraction of sp³-hybridized carbons (Fsp3) is 0.650. The van der Waals surface area contributed by atoms with E-state index >= 15 is 0 Å². The minimum atomic E-state index is 0. The maximum absolute atomic E-state index is 9.34. The highest BCUT2D eigenvalue weighted by molar-refractivity contribution is 14.0. The first-order valence-electron chi connectivity index (χ1n) is 9.27. The molecule has 0 aliphatic carbocycles. The van der Waals surface area contributed by atoms with E-state index in [1.54, 1.807) is 0 Å². The minimum absolute atomic E-state index is 0. The fourth-order valence-electron chi connectivity index (χ4n) is 2.92. The zero-order chi connectivity index (χ0) is 17.8. The van der Waals surface area contributed by atoms with E-state index in [0.717, 1.165) is 51.3 Å². The molecule has 0 heterocycles. The number of rotatable bonds is 10. The highest BCUT2D eigenvalue weighted by Crippen LogP contribution is 2.30. The van der Waals surface area contributed by atoms with Crippen molar-refractivity contribution < 1.29 is 5.11 Å². The van der Waals surface area contributed by atoms with Crippen LogP contribution in [0.4, 0.5) is 0 Å². The largest absolute Gasteiger partial charge is 0.396 e. The van der Waals surface area contributed by atoms with Crippen molar-refractivity contribution in [3.63, 3.8) is 0 Å². The van der Waals surface area contributed by atoms with Crippen molar-refractivity contribution in [2.24, 2.45) is 10.4 Å². The summed E-state index contributed by atoms with van der Waals surface area (Å²) in [6, 6.07) is 8.62. The third kappa shape index (κ3) is 8.90. The van der Waals surface area contributed by atoms with Crippen LogP contribution in [0.5, 0.6) is 0 Å². The molecule has 1 aromatic carbocycles. The summed E-state index contributed by atoms with van der Waals surface area (Å²) in [4.78, 5) is 4.78. The molecule has 0 aliphatic heterocycles. The molecule has 0 spiro atoms. The van der Waals surface area contributed by atoms with Crippen molar-refractivity contribution in [3.8, 4) is 0 Å². The van der Waals surface area contributed by atoms with E-state index in [-0.39, 0.29) is 36.0 Å². The van der Waals surface area contributed by atoms with E-state index in [1.165, 1.54) is 11.1 Å². The van der Waals surface area contributed by atoms with Gasteiger partial charge in [0.05, 0.1) is 0 Å². The van der Waals surface area contributed by atoms with Gasteiger partial charge in [0.1, 0.15) is 0 Å². The number of hydrogen-bond donors (Lipinski definition) is 3. The molecule has 0 saturated carbocycles. The number of hydrogen-bond acceptors (Lipinski definition) is 2. The smallest absolute Gasteiger partial charge is 0.191 e. The highest BCUT2D eigenvalue weighted by Gasteiger charge is 2.25. The van der Waals surface area contributed by atoms with Gasteiger partial charge in [-0.15, -0.1) is 24.0 Å². The zero-order valence-electron chi connectivity index (χ0n) is 16.3. The monoisotopic (exact) mass is 461 g/mol. The van der Waals surface area contributed by atoms with Crippen molar-refractivity contribution in [3.05, 3.63) is 35.4 Å². The number of aliphatic hydroxyl groups excluding tert-OH is 1. The molecule has 0 fully saturated rings. The van der Waals surface area contributed by atoms with E-state index in [0.29, 0.717) is 0 Å². The summed E-state index contributed by atoms with van der Waals surface area (Å²) in [6.07, 6.45) is 3.87. The van der Waals surface area contributed by atoms with Gasteiger partial charge >= 0.3 is 0 Å². The number of aliphatic hydroxyl groups is 1. The molecule has 0 aromatic heterocycles. The van der Waals surface area contributed by atoms with Crippen LogP contribution in [0.2, 0.25) is 0 Å². The third-order valence-corrected chi connectivity index (χ3v) is 4.85. The lowest BCUT2D eigenvalue weighted by Gasteiger charge is -2.29. The first kappa shape index (κ1) is 24.2. The van der Waals surface area contributed by atoms with Crippen molar-refractivity contribution in [1.82, 2.24) is 10.6 Å². The fourth-order valence-corrected chi connectivity index (χ4v) is 2.92. The van der Waals surface area contributed by atoms with E-state index in [9.17, 15) is 5.11 Å². The molecule has 5 heteroatoms. The van der Waals surface area contributed by atoms with Gasteiger partial charge in [-0.3, -0.25) is 4.99 Å². The van der Waals surface area contributed by atoms with Crippen molar-refractivity contribution in [2.75, 3.05) is 26.2 Å². The van der Waals surface area contributed by atoms with Crippen LogP contribution in [0.25, 0.3) is 0 Å². The molecule has 0 saturated heterocycles. The van der Waals surface area contributed by atoms with Crippen molar-refractivity contribution in [1.29, 1.82) is 0 Å². The standard InChI is InChI=1S/C20H35N3O.HI/c1-5-20(6-2,12-14-24)16-23-19(21-7-3)22-13-11-18-10-8-9-17(4)15-18;/h8-10,15,24H,5-7,11-14,16H2,1-4H3,(H2,21,22,23);1H. The first-order valence-corrected chi connectivity index (χ1v) is 9.27. The Balaban J connectivity index is 0.00000576. The van der Waals surface area contributed by atoms with Crippen LogP contribution in [0.15, 0.2) is 29.3 Å². The number of guanidine groups is 1. The summed E-state index contributed by atoms with van der Waals surface area (Å²) in [5.74, 6) is 0.870. The lowest BCUT2D eigenvalue weighted by Crippen LogP contribution is -2.39. The maximum Gasteiger partial charge on any atom is 0.191 e. The molecule has 3 N–H and O–H groups in total. The molecular weight excluding hydrogens is 425 g/mol. The van der Waals surface area contributed by atoms with E-state index in [1.807, 2.05) is 0 Å². The Bertz CT molecular complexity index is 501. The molecule has 1 rings (SSSR count). The average Bonchev–Trinajstić information content (AvgIpc) is 2.58. The van der Waals surface area contributed by atoms with Crippen LogP contribution in [-0.2, 0) is 6.42 Å². The van der Waals surface area contributed by atoms with Crippen LogP contribution >= 0.6 is 24.0 Å². The van der Waals surface area contributed by atoms with Gasteiger partial charge in [0.25, 0.3) is 0 Å². The molecule has 144 valence electrons. The SMILES string of the molecule is CCNC(=NCC(CC)(CC)CCO)NCCc1cccc(C)c1.I. The van der Waals surface area contributed by atoms with Crippen LogP contribution in [0, 0.1) is 12.3 Å². The quantitative estimate of drug-likeness (QED) is 0.282. The Hall–Kier alpha value is -0.820. The third-order valence-electron chi connectivity index (χ3n) is 4.85. The van der Waals surface area contributed by atoms with Gasteiger partial charge in [0, 0.05) is 26.2 Å². The molecular formula is C20H36IN3O. The van der Waals surface area contributed by atoms with E-state index in [4.69, 9.17) is 4.99 Å². The number of aryl methyl sites for hydroxylation is 1. The minimum Gasteiger partial charge on any atom is -0.396 e. The summed E-state index contributed by atoms with van der Waals surface area (Å²) in [7, 11) is 0. The van der Waals surface area contributed by atoms with Gasteiger partial charge in [-0.05, 0) is 50.5 Å². The Morgan fingerprint density at radius 1 is 1.16 bits per heavy atom. The molecule has 1 aromatic rings. The van der Waals surface area contributed by atoms with Crippen LogP contribution in [-0.4, -0.2) is 37.3 Å². The zero-order valence-corrected chi connectivity index (χ0v) is 18.6. The van der Waals surface area contributed by atoms with Crippen molar-refractivity contribution >= 4 is 29.9 Å². The summed E-state index contributed by atoms with van der Waals surface area (Å²) in [5.41, 5.74) is 2.75. The second-order valence-corrected chi connectivity index (χ2v) is 6.54. The molecule has 0 radical (unpaired) electrons. The molecule has 0 bridgehead atoms. The highest BCUT2D eigenvalue weighted by atomic mass is 127. The molecule has 0 aliphatic rings. The van der Waals surface area contributed by atoms with Gasteiger partial charge in [0.15, 0.2) is 5.96 Å². The molecule has 0 amide bonds. The molecule has 0 atom stereocenters.